The van der Waals surface area contributed by atoms with Gasteiger partial charge in [-0.25, -0.2) is 0 Å². The lowest BCUT2D eigenvalue weighted by Gasteiger charge is -2.00. The number of nitrogens with zero attached hydrogens (tertiary/aromatic N) is 2. The highest BCUT2D eigenvalue weighted by molar-refractivity contribution is 7.99. The van der Waals surface area contributed by atoms with Gasteiger partial charge in [0.05, 0.1) is 25.8 Å². The van der Waals surface area contributed by atoms with E-state index in [9.17, 15) is 4.79 Å². The molecule has 1 aromatic heterocycles. The standard InChI is InChI=1S/C15H15N3O3S/c1-3-8-16-13(19)10-22-15-18-17-14(21-15)9-11-4-6-12(20-2)7-5-11/h1,4-7H,8-10H2,2H3,(H,16,19). The molecule has 7 heteroatoms. The molecule has 0 aliphatic carbocycles. The molecule has 1 amide bonds. The van der Waals surface area contributed by atoms with Crippen molar-refractivity contribution < 1.29 is 13.9 Å². The zero-order chi connectivity index (χ0) is 15.8. The second-order valence-corrected chi connectivity index (χ2v) is 5.18. The van der Waals surface area contributed by atoms with Crippen molar-refractivity contribution in [1.82, 2.24) is 15.5 Å². The van der Waals surface area contributed by atoms with Crippen LogP contribution in [0, 0.1) is 12.3 Å². The predicted molar refractivity (Wildman–Crippen MR) is 82.7 cm³/mol. The van der Waals surface area contributed by atoms with E-state index in [2.05, 4.69) is 21.4 Å². The highest BCUT2D eigenvalue weighted by atomic mass is 32.2. The molecule has 2 aromatic rings. The number of amides is 1. The summed E-state index contributed by atoms with van der Waals surface area (Å²) in [6, 6.07) is 7.61. The lowest BCUT2D eigenvalue weighted by atomic mass is 10.1. The van der Waals surface area contributed by atoms with Gasteiger partial charge in [-0.05, 0) is 17.7 Å². The molecular weight excluding hydrogens is 302 g/mol. The normalized spacial score (nSPS) is 10.0. The lowest BCUT2D eigenvalue weighted by Crippen LogP contribution is -2.25. The number of methoxy groups -OCH3 is 1. The van der Waals surface area contributed by atoms with Crippen LogP contribution in [0.1, 0.15) is 11.5 Å². The molecule has 6 nitrogen and oxygen atoms in total. The zero-order valence-corrected chi connectivity index (χ0v) is 12.9. The van der Waals surface area contributed by atoms with E-state index in [-0.39, 0.29) is 18.2 Å². The fourth-order valence-corrected chi connectivity index (χ4v) is 2.22. The van der Waals surface area contributed by atoms with Crippen LogP contribution < -0.4 is 10.1 Å². The summed E-state index contributed by atoms with van der Waals surface area (Å²) < 4.78 is 10.6. The molecule has 0 fully saturated rings. The van der Waals surface area contributed by atoms with Crippen molar-refractivity contribution in [2.24, 2.45) is 0 Å². The van der Waals surface area contributed by atoms with E-state index in [1.165, 1.54) is 11.8 Å². The Morgan fingerprint density at radius 3 is 2.86 bits per heavy atom. The average molecular weight is 317 g/mol. The van der Waals surface area contributed by atoms with E-state index in [1.54, 1.807) is 7.11 Å². The maximum absolute atomic E-state index is 11.4. The van der Waals surface area contributed by atoms with Crippen molar-refractivity contribution in [3.63, 3.8) is 0 Å². The summed E-state index contributed by atoms with van der Waals surface area (Å²) in [6.45, 7) is 0.214. The second kappa shape index (κ2) is 8.10. The van der Waals surface area contributed by atoms with Gasteiger partial charge in [-0.3, -0.25) is 4.79 Å². The van der Waals surface area contributed by atoms with Gasteiger partial charge < -0.3 is 14.5 Å². The number of hydrogen-bond acceptors (Lipinski definition) is 6. The van der Waals surface area contributed by atoms with Crippen molar-refractivity contribution in [3.8, 4) is 18.1 Å². The second-order valence-electron chi connectivity index (χ2n) is 4.26. The number of benzene rings is 1. The highest BCUT2D eigenvalue weighted by Gasteiger charge is 2.10. The quantitative estimate of drug-likeness (QED) is 0.616. The van der Waals surface area contributed by atoms with E-state index < -0.39 is 0 Å². The number of aromatic nitrogens is 2. The predicted octanol–water partition coefficient (Wildman–Crippen LogP) is 1.51. The third-order valence-electron chi connectivity index (χ3n) is 2.68. The fourth-order valence-electron chi connectivity index (χ4n) is 1.61. The Bertz CT molecular complexity index is 661. The molecule has 1 aromatic carbocycles. The smallest absolute Gasteiger partial charge is 0.277 e. The van der Waals surface area contributed by atoms with Gasteiger partial charge in [-0.15, -0.1) is 16.6 Å². The third-order valence-corrected chi connectivity index (χ3v) is 3.50. The van der Waals surface area contributed by atoms with Crippen LogP contribution in [0.15, 0.2) is 33.9 Å². The maximum Gasteiger partial charge on any atom is 0.277 e. The largest absolute Gasteiger partial charge is 0.497 e. The first-order chi connectivity index (χ1) is 10.7. The molecule has 2 rings (SSSR count). The number of rotatable bonds is 7. The van der Waals surface area contributed by atoms with Crippen LogP contribution in [-0.2, 0) is 11.2 Å². The van der Waals surface area contributed by atoms with Gasteiger partial charge in [0, 0.05) is 0 Å². The van der Waals surface area contributed by atoms with Gasteiger partial charge in [0.25, 0.3) is 5.22 Å². The summed E-state index contributed by atoms with van der Waals surface area (Å²) in [6.07, 6.45) is 5.59. The van der Waals surface area contributed by atoms with E-state index in [1.807, 2.05) is 24.3 Å². The number of terminal acetylenes is 1. The average Bonchev–Trinajstić information content (AvgIpc) is 2.99. The summed E-state index contributed by atoms with van der Waals surface area (Å²) in [4.78, 5) is 11.4. The van der Waals surface area contributed by atoms with E-state index in [4.69, 9.17) is 15.6 Å². The Labute approximate surface area is 132 Å². The molecule has 0 saturated carbocycles. The summed E-state index contributed by atoms with van der Waals surface area (Å²) in [7, 11) is 1.62. The van der Waals surface area contributed by atoms with Crippen molar-refractivity contribution in [2.75, 3.05) is 19.4 Å². The van der Waals surface area contributed by atoms with Crippen molar-refractivity contribution >= 4 is 17.7 Å². The van der Waals surface area contributed by atoms with E-state index in [0.717, 1.165) is 11.3 Å². The van der Waals surface area contributed by atoms with Gasteiger partial charge in [0.1, 0.15) is 5.75 Å². The minimum absolute atomic E-state index is 0.169. The molecule has 0 saturated heterocycles. The Balaban J connectivity index is 1.85. The first-order valence-corrected chi connectivity index (χ1v) is 7.48. The SMILES string of the molecule is C#CCNC(=O)CSc1nnc(Cc2ccc(OC)cc2)o1. The minimum atomic E-state index is -0.169. The molecule has 0 bridgehead atoms. The third kappa shape index (κ3) is 4.82. The van der Waals surface area contributed by atoms with Gasteiger partial charge in [0.2, 0.25) is 11.8 Å². The number of ether oxygens (including phenoxy) is 1. The van der Waals surface area contributed by atoms with Crippen LogP contribution in [0.2, 0.25) is 0 Å². The van der Waals surface area contributed by atoms with Crippen LogP contribution in [0.3, 0.4) is 0 Å². The minimum Gasteiger partial charge on any atom is -0.497 e. The topological polar surface area (TPSA) is 77.2 Å². The summed E-state index contributed by atoms with van der Waals surface area (Å²) in [5.41, 5.74) is 1.03. The number of hydrogen-bond donors (Lipinski definition) is 1. The fraction of sp³-hybridized carbons (Fsp3) is 0.267. The number of carbonyl (C=O) groups is 1. The molecule has 0 atom stereocenters. The summed E-state index contributed by atoms with van der Waals surface area (Å²) in [5, 5.41) is 10.8. The Kier molecular flexibility index (Phi) is 5.86. The Morgan fingerprint density at radius 1 is 1.41 bits per heavy atom. The van der Waals surface area contributed by atoms with E-state index >= 15 is 0 Å². The van der Waals surface area contributed by atoms with Crippen LogP contribution in [0.4, 0.5) is 0 Å². The van der Waals surface area contributed by atoms with Crippen molar-refractivity contribution in [3.05, 3.63) is 35.7 Å². The van der Waals surface area contributed by atoms with Crippen LogP contribution in [-0.4, -0.2) is 35.5 Å². The molecule has 0 radical (unpaired) electrons. The van der Waals surface area contributed by atoms with Gasteiger partial charge in [0.15, 0.2) is 0 Å². The van der Waals surface area contributed by atoms with Crippen molar-refractivity contribution in [1.29, 1.82) is 0 Å². The van der Waals surface area contributed by atoms with Crippen LogP contribution in [0.25, 0.3) is 0 Å². The van der Waals surface area contributed by atoms with Crippen LogP contribution in [0.5, 0.6) is 5.75 Å². The summed E-state index contributed by atoms with van der Waals surface area (Å²) >= 11 is 1.18. The Morgan fingerprint density at radius 2 is 2.18 bits per heavy atom. The number of carbonyl (C=O) groups excluding carboxylic acids is 1. The van der Waals surface area contributed by atoms with Gasteiger partial charge in [-0.2, -0.15) is 0 Å². The maximum atomic E-state index is 11.4. The first-order valence-electron chi connectivity index (χ1n) is 6.49. The zero-order valence-electron chi connectivity index (χ0n) is 12.0. The first kappa shape index (κ1) is 15.9. The highest BCUT2D eigenvalue weighted by Crippen LogP contribution is 2.18. The lowest BCUT2D eigenvalue weighted by molar-refractivity contribution is -0.118. The van der Waals surface area contributed by atoms with E-state index in [0.29, 0.717) is 17.5 Å². The molecular formula is C15H15N3O3S. The Hall–Kier alpha value is -2.46. The summed E-state index contributed by atoms with van der Waals surface area (Å²) in [5.74, 6) is 3.64. The van der Waals surface area contributed by atoms with Gasteiger partial charge in [-0.1, -0.05) is 29.8 Å². The molecule has 0 unspecified atom stereocenters. The molecule has 0 aliphatic heterocycles. The molecule has 1 heterocycles. The molecule has 114 valence electrons. The molecule has 22 heavy (non-hydrogen) atoms. The van der Waals surface area contributed by atoms with Gasteiger partial charge >= 0.3 is 0 Å². The van der Waals surface area contributed by atoms with Crippen LogP contribution >= 0.6 is 11.8 Å². The molecule has 1 N–H and O–H groups in total. The molecule has 0 aliphatic rings. The monoisotopic (exact) mass is 317 g/mol. The number of thioether (sulfide) groups is 1. The molecule has 0 spiro atoms. The number of nitrogens with one attached hydrogen (secondary N) is 1. The van der Waals surface area contributed by atoms with Crippen molar-refractivity contribution in [2.45, 2.75) is 11.6 Å².